The van der Waals surface area contributed by atoms with Crippen molar-refractivity contribution in [3.05, 3.63) is 41.5 Å². The third-order valence-corrected chi connectivity index (χ3v) is 3.43. The fourth-order valence-electron chi connectivity index (χ4n) is 1.63. The summed E-state index contributed by atoms with van der Waals surface area (Å²) >= 11 is 1.94. The number of hydrogen-bond donors (Lipinski definition) is 0. The number of rotatable bonds is 2. The highest BCUT2D eigenvalue weighted by Crippen LogP contribution is 2.42. The van der Waals surface area contributed by atoms with E-state index in [1.54, 1.807) is 0 Å². The van der Waals surface area contributed by atoms with Crippen LogP contribution in [0, 0.1) is 0 Å². The van der Waals surface area contributed by atoms with Crippen molar-refractivity contribution in [3.63, 3.8) is 0 Å². The van der Waals surface area contributed by atoms with E-state index in [1.165, 1.54) is 23.1 Å². The summed E-state index contributed by atoms with van der Waals surface area (Å²) in [5.74, 6) is 0. The largest absolute Gasteiger partial charge is 0.157 e. The Morgan fingerprint density at radius 3 is 3.00 bits per heavy atom. The molecule has 0 aliphatic heterocycles. The van der Waals surface area contributed by atoms with Gasteiger partial charge in [0.05, 0.1) is 0 Å². The Hall–Kier alpha value is -0.690. The molecule has 0 saturated heterocycles. The minimum atomic E-state index is 0.749. The van der Waals surface area contributed by atoms with Crippen LogP contribution in [-0.4, -0.2) is 6.26 Å². The standard InChI is InChI=1S/C11H12S/c1-3-8-4-5-10-9(6-8)7-11(10)12-2/h3-6,11H,1,7H2,2H3. The smallest absolute Gasteiger partial charge is 0.0337 e. The molecule has 1 aromatic rings. The van der Waals surface area contributed by atoms with Crippen LogP contribution in [0.15, 0.2) is 24.8 Å². The fourth-order valence-corrected chi connectivity index (χ4v) is 2.46. The molecule has 0 nitrogen and oxygen atoms in total. The molecule has 2 rings (SSSR count). The van der Waals surface area contributed by atoms with Crippen molar-refractivity contribution in [2.75, 3.05) is 6.26 Å². The van der Waals surface area contributed by atoms with Gasteiger partial charge in [-0.05, 0) is 29.4 Å². The normalized spacial score (nSPS) is 19.6. The number of thioether (sulfide) groups is 1. The molecule has 0 aromatic heterocycles. The van der Waals surface area contributed by atoms with E-state index < -0.39 is 0 Å². The van der Waals surface area contributed by atoms with Gasteiger partial charge in [-0.25, -0.2) is 0 Å². The third kappa shape index (κ3) is 1.09. The molecule has 1 aromatic carbocycles. The van der Waals surface area contributed by atoms with E-state index in [0.717, 1.165) is 5.25 Å². The minimum absolute atomic E-state index is 0.749. The van der Waals surface area contributed by atoms with Crippen molar-refractivity contribution in [3.8, 4) is 0 Å². The zero-order chi connectivity index (χ0) is 8.55. The molecular weight excluding hydrogens is 164 g/mol. The third-order valence-electron chi connectivity index (χ3n) is 2.44. The van der Waals surface area contributed by atoms with Crippen molar-refractivity contribution in [2.45, 2.75) is 11.7 Å². The maximum atomic E-state index is 3.76. The van der Waals surface area contributed by atoms with Crippen molar-refractivity contribution < 1.29 is 0 Å². The van der Waals surface area contributed by atoms with Crippen LogP contribution in [0.25, 0.3) is 6.08 Å². The molecule has 0 bridgehead atoms. The molecule has 0 amide bonds. The summed E-state index contributed by atoms with van der Waals surface area (Å²) in [6.45, 7) is 3.76. The Morgan fingerprint density at radius 1 is 1.58 bits per heavy atom. The van der Waals surface area contributed by atoms with Gasteiger partial charge >= 0.3 is 0 Å². The first-order chi connectivity index (χ1) is 5.85. The lowest BCUT2D eigenvalue weighted by Crippen LogP contribution is -2.13. The summed E-state index contributed by atoms with van der Waals surface area (Å²) in [6, 6.07) is 6.63. The lowest BCUT2D eigenvalue weighted by molar-refractivity contribution is 0.816. The molecule has 0 saturated carbocycles. The number of fused-ring (bicyclic) bond motifs is 1. The summed E-state index contributed by atoms with van der Waals surface area (Å²) in [4.78, 5) is 0. The van der Waals surface area contributed by atoms with E-state index in [9.17, 15) is 0 Å². The van der Waals surface area contributed by atoms with Gasteiger partial charge in [-0.2, -0.15) is 11.8 Å². The summed E-state index contributed by atoms with van der Waals surface area (Å²) < 4.78 is 0. The van der Waals surface area contributed by atoms with E-state index in [2.05, 4.69) is 31.0 Å². The predicted molar refractivity (Wildman–Crippen MR) is 56.5 cm³/mol. The monoisotopic (exact) mass is 176 g/mol. The van der Waals surface area contributed by atoms with E-state index in [1.807, 2.05) is 17.8 Å². The van der Waals surface area contributed by atoms with Crippen molar-refractivity contribution in [2.24, 2.45) is 0 Å². The molecule has 0 spiro atoms. The average molecular weight is 176 g/mol. The van der Waals surface area contributed by atoms with Crippen molar-refractivity contribution in [1.82, 2.24) is 0 Å². The number of hydrogen-bond acceptors (Lipinski definition) is 1. The van der Waals surface area contributed by atoms with Crippen LogP contribution in [0.3, 0.4) is 0 Å². The van der Waals surface area contributed by atoms with Crippen LogP contribution in [-0.2, 0) is 6.42 Å². The van der Waals surface area contributed by atoms with Crippen LogP contribution in [0.4, 0.5) is 0 Å². The predicted octanol–water partition coefficient (Wildman–Crippen LogP) is 3.29. The summed E-state index contributed by atoms with van der Waals surface area (Å²) in [5.41, 5.74) is 4.27. The van der Waals surface area contributed by atoms with Crippen LogP contribution in [0.5, 0.6) is 0 Å². The van der Waals surface area contributed by atoms with Gasteiger partial charge < -0.3 is 0 Å². The summed E-state index contributed by atoms with van der Waals surface area (Å²) in [5, 5.41) is 0.749. The fraction of sp³-hybridized carbons (Fsp3) is 0.273. The van der Waals surface area contributed by atoms with E-state index in [0.29, 0.717) is 0 Å². The number of benzene rings is 1. The second kappa shape index (κ2) is 2.98. The van der Waals surface area contributed by atoms with E-state index >= 15 is 0 Å². The Labute approximate surface area is 77.7 Å². The molecule has 1 heteroatoms. The molecule has 0 fully saturated rings. The first-order valence-corrected chi connectivity index (χ1v) is 5.42. The average Bonchev–Trinajstić information content (AvgIpc) is 2.07. The lowest BCUT2D eigenvalue weighted by atomic mass is 9.86. The highest BCUT2D eigenvalue weighted by molar-refractivity contribution is 7.98. The lowest BCUT2D eigenvalue weighted by Gasteiger charge is -2.28. The molecule has 1 aliphatic carbocycles. The molecule has 0 N–H and O–H groups in total. The molecule has 1 aliphatic rings. The van der Waals surface area contributed by atoms with Gasteiger partial charge in [0.2, 0.25) is 0 Å². The molecule has 62 valence electrons. The van der Waals surface area contributed by atoms with Gasteiger partial charge in [0.25, 0.3) is 0 Å². The van der Waals surface area contributed by atoms with Crippen LogP contribution < -0.4 is 0 Å². The highest BCUT2D eigenvalue weighted by atomic mass is 32.2. The molecule has 0 heterocycles. The van der Waals surface area contributed by atoms with Gasteiger partial charge in [-0.1, -0.05) is 30.9 Å². The molecule has 0 radical (unpaired) electrons. The SMILES string of the molecule is C=Cc1ccc2c(c1)CC2SC. The molecular formula is C11H12S. The zero-order valence-corrected chi connectivity index (χ0v) is 8.03. The van der Waals surface area contributed by atoms with Gasteiger partial charge in [0.15, 0.2) is 0 Å². The first-order valence-electron chi connectivity index (χ1n) is 4.13. The van der Waals surface area contributed by atoms with Crippen LogP contribution in [0.2, 0.25) is 0 Å². The van der Waals surface area contributed by atoms with Gasteiger partial charge in [0.1, 0.15) is 0 Å². The van der Waals surface area contributed by atoms with Crippen LogP contribution in [0.1, 0.15) is 21.9 Å². The minimum Gasteiger partial charge on any atom is -0.157 e. The summed E-state index contributed by atoms with van der Waals surface area (Å²) in [7, 11) is 0. The molecule has 12 heavy (non-hydrogen) atoms. The van der Waals surface area contributed by atoms with Gasteiger partial charge in [-0.3, -0.25) is 0 Å². The van der Waals surface area contributed by atoms with Crippen molar-refractivity contribution in [1.29, 1.82) is 0 Å². The second-order valence-electron chi connectivity index (χ2n) is 3.09. The van der Waals surface area contributed by atoms with Gasteiger partial charge in [0, 0.05) is 5.25 Å². The summed E-state index contributed by atoms with van der Waals surface area (Å²) in [6.07, 6.45) is 5.32. The second-order valence-corrected chi connectivity index (χ2v) is 4.13. The van der Waals surface area contributed by atoms with Gasteiger partial charge in [-0.15, -0.1) is 0 Å². The highest BCUT2D eigenvalue weighted by Gasteiger charge is 2.24. The first kappa shape index (κ1) is 7.93. The zero-order valence-electron chi connectivity index (χ0n) is 7.21. The Kier molecular flexibility index (Phi) is 1.97. The Bertz CT molecular complexity index is 315. The van der Waals surface area contributed by atoms with Crippen LogP contribution >= 0.6 is 11.8 Å². The topological polar surface area (TPSA) is 0 Å². The Balaban J connectivity index is 2.34. The van der Waals surface area contributed by atoms with E-state index in [-0.39, 0.29) is 0 Å². The maximum Gasteiger partial charge on any atom is 0.0337 e. The maximum absolute atomic E-state index is 3.76. The molecule has 1 atom stereocenters. The Morgan fingerprint density at radius 2 is 2.42 bits per heavy atom. The quantitative estimate of drug-likeness (QED) is 0.666. The molecule has 1 unspecified atom stereocenters. The van der Waals surface area contributed by atoms with Crippen molar-refractivity contribution >= 4 is 17.8 Å². The van der Waals surface area contributed by atoms with E-state index in [4.69, 9.17) is 0 Å².